The number of nitrogens with one attached hydrogen (secondary N) is 1. The van der Waals surface area contributed by atoms with Gasteiger partial charge in [0.2, 0.25) is 0 Å². The first-order valence-electron chi connectivity index (χ1n) is 6.44. The predicted molar refractivity (Wildman–Crippen MR) is 74.7 cm³/mol. The lowest BCUT2D eigenvalue weighted by atomic mass is 10.1. The predicted octanol–water partition coefficient (Wildman–Crippen LogP) is 2.58. The number of carboxylic acid groups (broad SMARTS) is 1. The molecule has 1 aromatic carbocycles. The van der Waals surface area contributed by atoms with E-state index in [0.717, 1.165) is 12.0 Å². The van der Waals surface area contributed by atoms with E-state index in [0.29, 0.717) is 23.3 Å². The van der Waals surface area contributed by atoms with Crippen LogP contribution in [0.15, 0.2) is 36.7 Å². The standard InChI is InChI=1S/C15H12FN3O2/c16-11-8-13-12(7-10(11)15(20)21)18-14(19-13)2-1-9-3-5-17-6-4-9/h3-8H,1-2H2,(H,18,19)(H,20,21). The Morgan fingerprint density at radius 1 is 1.24 bits per heavy atom. The number of aromatic amines is 1. The fraction of sp³-hybridized carbons (Fsp3) is 0.133. The van der Waals surface area contributed by atoms with Crippen molar-refractivity contribution in [2.24, 2.45) is 0 Å². The Balaban J connectivity index is 1.86. The number of aromatic carboxylic acids is 1. The van der Waals surface area contributed by atoms with Crippen molar-refractivity contribution < 1.29 is 14.3 Å². The second-order valence-corrected chi connectivity index (χ2v) is 4.69. The lowest BCUT2D eigenvalue weighted by Crippen LogP contribution is -1.99. The van der Waals surface area contributed by atoms with Gasteiger partial charge in [-0.05, 0) is 30.2 Å². The lowest BCUT2D eigenvalue weighted by Gasteiger charge is -1.97. The van der Waals surface area contributed by atoms with Gasteiger partial charge in [-0.1, -0.05) is 0 Å². The maximum atomic E-state index is 13.6. The van der Waals surface area contributed by atoms with Gasteiger partial charge in [0.15, 0.2) is 0 Å². The van der Waals surface area contributed by atoms with Gasteiger partial charge in [0.25, 0.3) is 0 Å². The van der Waals surface area contributed by atoms with E-state index in [-0.39, 0.29) is 5.56 Å². The van der Waals surface area contributed by atoms with Crippen LogP contribution in [0.2, 0.25) is 0 Å². The Hall–Kier alpha value is -2.76. The van der Waals surface area contributed by atoms with Gasteiger partial charge in [0, 0.05) is 24.9 Å². The van der Waals surface area contributed by atoms with Gasteiger partial charge >= 0.3 is 5.97 Å². The third-order valence-corrected chi connectivity index (χ3v) is 3.25. The first-order valence-corrected chi connectivity index (χ1v) is 6.44. The van der Waals surface area contributed by atoms with Crippen molar-refractivity contribution in [2.75, 3.05) is 0 Å². The number of halogens is 1. The Kier molecular flexibility index (Phi) is 3.35. The molecule has 0 fully saturated rings. The van der Waals surface area contributed by atoms with E-state index in [9.17, 15) is 9.18 Å². The molecule has 0 aliphatic carbocycles. The Morgan fingerprint density at radius 2 is 2.00 bits per heavy atom. The second kappa shape index (κ2) is 5.32. The maximum Gasteiger partial charge on any atom is 0.338 e. The topological polar surface area (TPSA) is 78.9 Å². The molecule has 0 unspecified atom stereocenters. The zero-order valence-electron chi connectivity index (χ0n) is 11.0. The molecule has 2 heterocycles. The molecule has 2 N–H and O–H groups in total. The van der Waals surface area contributed by atoms with Crippen LogP contribution >= 0.6 is 0 Å². The van der Waals surface area contributed by atoms with Gasteiger partial charge in [-0.15, -0.1) is 0 Å². The summed E-state index contributed by atoms with van der Waals surface area (Å²) < 4.78 is 13.6. The van der Waals surface area contributed by atoms with E-state index < -0.39 is 11.8 Å². The number of hydrogen-bond donors (Lipinski definition) is 2. The van der Waals surface area contributed by atoms with E-state index in [1.165, 1.54) is 12.1 Å². The zero-order valence-corrected chi connectivity index (χ0v) is 11.0. The van der Waals surface area contributed by atoms with Gasteiger partial charge in [0.1, 0.15) is 11.6 Å². The van der Waals surface area contributed by atoms with Crippen molar-refractivity contribution >= 4 is 17.0 Å². The van der Waals surface area contributed by atoms with Crippen LogP contribution < -0.4 is 0 Å². The summed E-state index contributed by atoms with van der Waals surface area (Å²) in [7, 11) is 0. The minimum absolute atomic E-state index is 0.366. The number of carboxylic acids is 1. The third-order valence-electron chi connectivity index (χ3n) is 3.25. The van der Waals surface area contributed by atoms with E-state index in [1.54, 1.807) is 12.4 Å². The summed E-state index contributed by atoms with van der Waals surface area (Å²) in [4.78, 5) is 22.2. The van der Waals surface area contributed by atoms with Gasteiger partial charge in [-0.3, -0.25) is 4.98 Å². The van der Waals surface area contributed by atoms with Crippen LogP contribution in [0.25, 0.3) is 11.0 Å². The smallest absolute Gasteiger partial charge is 0.338 e. The fourth-order valence-electron chi connectivity index (χ4n) is 2.18. The number of pyridine rings is 1. The molecule has 0 aliphatic rings. The van der Waals surface area contributed by atoms with Crippen LogP contribution in [0, 0.1) is 5.82 Å². The molecule has 0 radical (unpaired) electrons. The van der Waals surface area contributed by atoms with Gasteiger partial charge in [-0.2, -0.15) is 0 Å². The quantitative estimate of drug-likeness (QED) is 0.772. The van der Waals surface area contributed by atoms with Crippen molar-refractivity contribution in [2.45, 2.75) is 12.8 Å². The average molecular weight is 285 g/mol. The summed E-state index contributed by atoms with van der Waals surface area (Å²) in [5.41, 5.74) is 1.72. The molecular weight excluding hydrogens is 273 g/mol. The van der Waals surface area contributed by atoms with Gasteiger partial charge in [0.05, 0.1) is 16.6 Å². The van der Waals surface area contributed by atoms with E-state index in [4.69, 9.17) is 5.11 Å². The SMILES string of the molecule is O=C(O)c1cc2nc(CCc3ccncc3)[nH]c2cc1F. The molecule has 0 bridgehead atoms. The number of benzene rings is 1. The first kappa shape index (κ1) is 13.2. The largest absolute Gasteiger partial charge is 0.478 e. The molecule has 0 spiro atoms. The number of fused-ring (bicyclic) bond motifs is 1. The minimum atomic E-state index is -1.30. The molecule has 0 saturated carbocycles. The number of aryl methyl sites for hydroxylation is 2. The van der Waals surface area contributed by atoms with Crippen LogP contribution in [0.5, 0.6) is 0 Å². The van der Waals surface area contributed by atoms with Crippen LogP contribution in [-0.2, 0) is 12.8 Å². The number of rotatable bonds is 4. The highest BCUT2D eigenvalue weighted by Gasteiger charge is 2.14. The second-order valence-electron chi connectivity index (χ2n) is 4.69. The molecule has 0 aliphatic heterocycles. The van der Waals surface area contributed by atoms with Gasteiger partial charge in [-0.25, -0.2) is 14.2 Å². The molecular formula is C15H12FN3O2. The van der Waals surface area contributed by atoms with Crippen molar-refractivity contribution in [3.8, 4) is 0 Å². The summed E-state index contributed by atoms with van der Waals surface area (Å²) in [6, 6.07) is 6.26. The molecule has 5 nitrogen and oxygen atoms in total. The fourth-order valence-corrected chi connectivity index (χ4v) is 2.18. The van der Waals surface area contributed by atoms with Crippen molar-refractivity contribution in [3.05, 3.63) is 59.4 Å². The summed E-state index contributed by atoms with van der Waals surface area (Å²) in [5.74, 6) is -1.36. The molecule has 6 heteroatoms. The number of aromatic nitrogens is 3. The minimum Gasteiger partial charge on any atom is -0.478 e. The van der Waals surface area contributed by atoms with Crippen LogP contribution in [0.1, 0.15) is 21.7 Å². The summed E-state index contributed by atoms with van der Waals surface area (Å²) in [6.07, 6.45) is 4.88. The van der Waals surface area contributed by atoms with E-state index in [1.807, 2.05) is 12.1 Å². The van der Waals surface area contributed by atoms with Crippen LogP contribution in [-0.4, -0.2) is 26.0 Å². The summed E-state index contributed by atoms with van der Waals surface area (Å²) >= 11 is 0. The molecule has 0 atom stereocenters. The highest BCUT2D eigenvalue weighted by atomic mass is 19.1. The number of hydrogen-bond acceptors (Lipinski definition) is 3. The van der Waals surface area contributed by atoms with Crippen molar-refractivity contribution in [3.63, 3.8) is 0 Å². The maximum absolute atomic E-state index is 13.6. The normalized spacial score (nSPS) is 10.9. The van der Waals surface area contributed by atoms with Crippen molar-refractivity contribution in [1.82, 2.24) is 15.0 Å². The monoisotopic (exact) mass is 285 g/mol. The molecule has 3 rings (SSSR count). The van der Waals surface area contributed by atoms with E-state index >= 15 is 0 Å². The van der Waals surface area contributed by atoms with Gasteiger partial charge < -0.3 is 10.1 Å². The molecule has 106 valence electrons. The highest BCUT2D eigenvalue weighted by molar-refractivity contribution is 5.92. The van der Waals surface area contributed by atoms with Crippen molar-refractivity contribution in [1.29, 1.82) is 0 Å². The lowest BCUT2D eigenvalue weighted by molar-refractivity contribution is 0.0692. The molecule has 21 heavy (non-hydrogen) atoms. The highest BCUT2D eigenvalue weighted by Crippen LogP contribution is 2.18. The van der Waals surface area contributed by atoms with Crippen LogP contribution in [0.4, 0.5) is 4.39 Å². The number of H-pyrrole nitrogens is 1. The van der Waals surface area contributed by atoms with Crippen LogP contribution in [0.3, 0.4) is 0 Å². The Labute approximate surface area is 119 Å². The molecule has 0 amide bonds. The average Bonchev–Trinajstić information content (AvgIpc) is 2.87. The van der Waals surface area contributed by atoms with E-state index in [2.05, 4.69) is 15.0 Å². The first-order chi connectivity index (χ1) is 10.1. The molecule has 2 aromatic heterocycles. The molecule has 0 saturated heterocycles. The number of carbonyl (C=O) groups is 1. The number of nitrogens with zero attached hydrogens (tertiary/aromatic N) is 2. The number of imidazole rings is 1. The third kappa shape index (κ3) is 2.74. The zero-order chi connectivity index (χ0) is 14.8. The summed E-state index contributed by atoms with van der Waals surface area (Å²) in [5, 5.41) is 8.90. The summed E-state index contributed by atoms with van der Waals surface area (Å²) in [6.45, 7) is 0. The molecule has 3 aromatic rings. The Morgan fingerprint density at radius 3 is 2.71 bits per heavy atom. The Bertz CT molecular complexity index is 799.